The van der Waals surface area contributed by atoms with Gasteiger partial charge in [0.1, 0.15) is 5.82 Å². The van der Waals surface area contributed by atoms with Crippen molar-refractivity contribution in [1.82, 2.24) is 9.97 Å². The smallest absolute Gasteiger partial charge is 0.222 e. The summed E-state index contributed by atoms with van der Waals surface area (Å²) in [5.41, 5.74) is 6.60. The first-order valence-corrected chi connectivity index (χ1v) is 7.50. The van der Waals surface area contributed by atoms with E-state index in [0.717, 1.165) is 41.7 Å². The molecule has 0 aliphatic carbocycles. The summed E-state index contributed by atoms with van der Waals surface area (Å²) in [6.45, 7) is 2.34. The van der Waals surface area contributed by atoms with Crippen LogP contribution in [0.1, 0.15) is 32.6 Å². The van der Waals surface area contributed by atoms with Gasteiger partial charge in [-0.2, -0.15) is 4.98 Å². The summed E-state index contributed by atoms with van der Waals surface area (Å²) >= 11 is 1.60. The zero-order valence-corrected chi connectivity index (χ0v) is 11.9. The molecule has 0 saturated carbocycles. The van der Waals surface area contributed by atoms with Gasteiger partial charge < -0.3 is 16.2 Å². The van der Waals surface area contributed by atoms with Crippen molar-refractivity contribution in [3.05, 3.63) is 11.4 Å². The second kappa shape index (κ2) is 6.68. The van der Waals surface area contributed by atoms with E-state index in [1.807, 2.05) is 11.4 Å². The van der Waals surface area contributed by atoms with Crippen molar-refractivity contribution in [2.45, 2.75) is 38.6 Å². The highest BCUT2D eigenvalue weighted by atomic mass is 32.1. The Morgan fingerprint density at radius 1 is 1.42 bits per heavy atom. The monoisotopic (exact) mass is 280 g/mol. The van der Waals surface area contributed by atoms with Gasteiger partial charge in [-0.25, -0.2) is 4.98 Å². The average molecular weight is 280 g/mol. The lowest BCUT2D eigenvalue weighted by atomic mass is 10.1. The number of nitrogens with two attached hydrogens (primary N) is 1. The minimum Gasteiger partial charge on any atom is -0.396 e. The molecule has 0 radical (unpaired) electrons. The van der Waals surface area contributed by atoms with Crippen LogP contribution in [0.4, 0.5) is 11.8 Å². The third kappa shape index (κ3) is 3.54. The highest BCUT2D eigenvalue weighted by Gasteiger charge is 2.13. The van der Waals surface area contributed by atoms with Crippen LogP contribution in [0.25, 0.3) is 10.2 Å². The Kier molecular flexibility index (Phi) is 4.93. The Balaban J connectivity index is 2.19. The van der Waals surface area contributed by atoms with Crippen LogP contribution in [-0.2, 0) is 0 Å². The molecule has 19 heavy (non-hydrogen) atoms. The molecule has 0 aromatic carbocycles. The second-order valence-electron chi connectivity index (χ2n) is 4.56. The number of rotatable bonds is 7. The van der Waals surface area contributed by atoms with E-state index in [1.54, 1.807) is 11.3 Å². The number of aliphatic hydroxyl groups is 1. The van der Waals surface area contributed by atoms with Crippen LogP contribution in [0.5, 0.6) is 0 Å². The number of hydrogen-bond acceptors (Lipinski definition) is 6. The Morgan fingerprint density at radius 3 is 3.00 bits per heavy atom. The molecular formula is C13H20N4OS. The van der Waals surface area contributed by atoms with Gasteiger partial charge in [0.05, 0.1) is 10.2 Å². The fraction of sp³-hybridized carbons (Fsp3) is 0.538. The van der Waals surface area contributed by atoms with Gasteiger partial charge >= 0.3 is 0 Å². The first-order valence-electron chi connectivity index (χ1n) is 6.62. The summed E-state index contributed by atoms with van der Waals surface area (Å²) in [7, 11) is 0. The van der Waals surface area contributed by atoms with Crippen molar-refractivity contribution in [1.29, 1.82) is 0 Å². The van der Waals surface area contributed by atoms with E-state index in [9.17, 15) is 0 Å². The summed E-state index contributed by atoms with van der Waals surface area (Å²) in [6, 6.07) is 2.17. The molecule has 5 nitrogen and oxygen atoms in total. The molecular weight excluding hydrogens is 260 g/mol. The summed E-state index contributed by atoms with van der Waals surface area (Å²) in [4.78, 5) is 8.49. The number of thiophene rings is 1. The first-order chi connectivity index (χ1) is 9.24. The van der Waals surface area contributed by atoms with Crippen molar-refractivity contribution in [3.63, 3.8) is 0 Å². The third-order valence-electron chi connectivity index (χ3n) is 3.05. The molecule has 0 unspecified atom stereocenters. The third-order valence-corrected chi connectivity index (χ3v) is 3.96. The van der Waals surface area contributed by atoms with Crippen molar-refractivity contribution in [3.8, 4) is 0 Å². The molecule has 2 rings (SSSR count). The predicted octanol–water partition coefficient (Wildman–Crippen LogP) is 2.63. The molecule has 104 valence electrons. The van der Waals surface area contributed by atoms with Gasteiger partial charge in [-0.05, 0) is 24.3 Å². The highest BCUT2D eigenvalue weighted by Crippen LogP contribution is 2.27. The molecule has 2 aromatic heterocycles. The van der Waals surface area contributed by atoms with E-state index >= 15 is 0 Å². The minimum atomic E-state index is 0.176. The Hall–Kier alpha value is -1.40. The number of aromatic nitrogens is 2. The molecule has 0 fully saturated rings. The molecule has 0 aliphatic rings. The van der Waals surface area contributed by atoms with Crippen molar-refractivity contribution >= 4 is 33.3 Å². The normalized spacial score (nSPS) is 12.7. The maximum absolute atomic E-state index is 9.15. The standard InChI is InChI=1S/C13H20N4OS/c1-2-3-4-9(5-7-18)15-12-11-10(6-8-19-11)16-13(14)17-12/h6,8-9,18H,2-5,7H2,1H3,(H3,14,15,16,17)/t9-/m0/s1. The SMILES string of the molecule is CCCC[C@@H](CCO)Nc1nc(N)nc2ccsc12. The van der Waals surface area contributed by atoms with E-state index in [2.05, 4.69) is 22.2 Å². The largest absolute Gasteiger partial charge is 0.396 e. The van der Waals surface area contributed by atoms with Gasteiger partial charge in [0.2, 0.25) is 5.95 Å². The van der Waals surface area contributed by atoms with E-state index in [0.29, 0.717) is 0 Å². The van der Waals surface area contributed by atoms with Crippen LogP contribution in [-0.4, -0.2) is 27.7 Å². The zero-order valence-electron chi connectivity index (χ0n) is 11.1. The zero-order chi connectivity index (χ0) is 13.7. The molecule has 6 heteroatoms. The topological polar surface area (TPSA) is 84.1 Å². The maximum Gasteiger partial charge on any atom is 0.222 e. The summed E-state index contributed by atoms with van der Waals surface area (Å²) in [5.74, 6) is 1.07. The molecule has 0 saturated heterocycles. The summed E-state index contributed by atoms with van der Waals surface area (Å²) in [6.07, 6.45) is 4.01. The van der Waals surface area contributed by atoms with Crippen LogP contribution in [0.2, 0.25) is 0 Å². The molecule has 2 heterocycles. The number of nitrogens with one attached hydrogen (secondary N) is 1. The number of hydrogen-bond donors (Lipinski definition) is 3. The number of anilines is 2. The van der Waals surface area contributed by atoms with Crippen LogP contribution in [0.15, 0.2) is 11.4 Å². The molecule has 1 atom stereocenters. The van der Waals surface area contributed by atoms with Gasteiger partial charge in [-0.15, -0.1) is 11.3 Å². The van der Waals surface area contributed by atoms with Gasteiger partial charge in [-0.1, -0.05) is 19.8 Å². The van der Waals surface area contributed by atoms with Crippen molar-refractivity contribution in [2.24, 2.45) is 0 Å². The quantitative estimate of drug-likeness (QED) is 0.726. The summed E-state index contributed by atoms with van der Waals surface area (Å²) in [5, 5.41) is 14.5. The summed E-state index contributed by atoms with van der Waals surface area (Å²) < 4.78 is 1.02. The Morgan fingerprint density at radius 2 is 2.26 bits per heavy atom. The Bertz CT molecular complexity index is 528. The van der Waals surface area contributed by atoms with Crippen LogP contribution >= 0.6 is 11.3 Å². The number of unbranched alkanes of at least 4 members (excludes halogenated alkanes) is 1. The average Bonchev–Trinajstić information content (AvgIpc) is 2.84. The first kappa shape index (κ1) is 14.0. The number of nitrogens with zero attached hydrogens (tertiary/aromatic N) is 2. The van der Waals surface area contributed by atoms with Gasteiger partial charge in [0.15, 0.2) is 0 Å². The second-order valence-corrected chi connectivity index (χ2v) is 5.48. The van der Waals surface area contributed by atoms with Crippen LogP contribution in [0, 0.1) is 0 Å². The molecule has 4 N–H and O–H groups in total. The fourth-order valence-electron chi connectivity index (χ4n) is 2.07. The van der Waals surface area contributed by atoms with Gasteiger partial charge in [0, 0.05) is 12.6 Å². The number of aliphatic hydroxyl groups excluding tert-OH is 1. The lowest BCUT2D eigenvalue weighted by Crippen LogP contribution is -2.22. The van der Waals surface area contributed by atoms with E-state index in [-0.39, 0.29) is 18.6 Å². The Labute approximate surface area is 116 Å². The molecule has 0 amide bonds. The number of nitrogen functional groups attached to an aromatic ring is 1. The molecule has 0 aliphatic heterocycles. The predicted molar refractivity (Wildman–Crippen MR) is 80.5 cm³/mol. The molecule has 2 aromatic rings. The van der Waals surface area contributed by atoms with Gasteiger partial charge in [0.25, 0.3) is 0 Å². The molecule has 0 spiro atoms. The van der Waals surface area contributed by atoms with E-state index in [4.69, 9.17) is 10.8 Å². The fourth-order valence-corrected chi connectivity index (χ4v) is 2.85. The van der Waals surface area contributed by atoms with Crippen LogP contribution in [0.3, 0.4) is 0 Å². The van der Waals surface area contributed by atoms with Crippen molar-refractivity contribution < 1.29 is 5.11 Å². The lowest BCUT2D eigenvalue weighted by molar-refractivity contribution is 0.276. The lowest BCUT2D eigenvalue weighted by Gasteiger charge is -2.18. The van der Waals surface area contributed by atoms with Gasteiger partial charge in [-0.3, -0.25) is 0 Å². The minimum absolute atomic E-state index is 0.176. The van der Waals surface area contributed by atoms with E-state index < -0.39 is 0 Å². The highest BCUT2D eigenvalue weighted by molar-refractivity contribution is 7.17. The maximum atomic E-state index is 9.15. The van der Waals surface area contributed by atoms with Crippen molar-refractivity contribution in [2.75, 3.05) is 17.7 Å². The number of fused-ring (bicyclic) bond motifs is 1. The van der Waals surface area contributed by atoms with E-state index in [1.165, 1.54) is 0 Å². The van der Waals surface area contributed by atoms with Crippen LogP contribution < -0.4 is 11.1 Å². The molecule has 0 bridgehead atoms.